The number of hydrogen-bond donors (Lipinski definition) is 1. The lowest BCUT2D eigenvalue weighted by molar-refractivity contribution is -0.139. The van der Waals surface area contributed by atoms with Crippen molar-refractivity contribution >= 4 is 17.6 Å². The van der Waals surface area contributed by atoms with E-state index in [9.17, 15) is 9.59 Å². The van der Waals surface area contributed by atoms with E-state index < -0.39 is 0 Å². The Balaban J connectivity index is 1.88. The summed E-state index contributed by atoms with van der Waals surface area (Å²) >= 11 is 0. The molecule has 0 aliphatic carbocycles. The van der Waals surface area contributed by atoms with Gasteiger partial charge in [0.15, 0.2) is 0 Å². The third-order valence-electron chi connectivity index (χ3n) is 3.31. The number of carbonyl (C=O) groups excluding carboxylic acids is 2. The normalized spacial score (nSPS) is 13.6. The van der Waals surface area contributed by atoms with Gasteiger partial charge in [-0.05, 0) is 30.2 Å². The monoisotopic (exact) mass is 262 g/mol. The molecule has 0 saturated heterocycles. The van der Waals surface area contributed by atoms with Gasteiger partial charge in [0.2, 0.25) is 5.91 Å². The van der Waals surface area contributed by atoms with Gasteiger partial charge < -0.3 is 15.0 Å². The first kappa shape index (κ1) is 13.5. The maximum Gasteiger partial charge on any atom is 0.319 e. The Morgan fingerprint density at radius 2 is 2.26 bits per heavy atom. The molecule has 102 valence electrons. The van der Waals surface area contributed by atoms with Gasteiger partial charge in [-0.25, -0.2) is 0 Å². The third-order valence-corrected chi connectivity index (χ3v) is 3.31. The Kier molecular flexibility index (Phi) is 4.16. The molecular weight excluding hydrogens is 244 g/mol. The highest BCUT2D eigenvalue weighted by Crippen LogP contribution is 2.28. The highest BCUT2D eigenvalue weighted by atomic mass is 16.5. The van der Waals surface area contributed by atoms with Crippen LogP contribution in [0.3, 0.4) is 0 Å². The summed E-state index contributed by atoms with van der Waals surface area (Å²) in [5.74, 6) is -0.128. The summed E-state index contributed by atoms with van der Waals surface area (Å²) in [4.78, 5) is 24.2. The highest BCUT2D eigenvalue weighted by Gasteiger charge is 2.23. The largest absolute Gasteiger partial charge is 0.468 e. The number of fused-ring (bicyclic) bond motifs is 1. The van der Waals surface area contributed by atoms with Crippen molar-refractivity contribution in [3.8, 4) is 0 Å². The molecule has 1 N–H and O–H groups in total. The molecule has 1 amide bonds. The lowest BCUT2D eigenvalue weighted by atomic mass is 10.1. The first-order chi connectivity index (χ1) is 9.11. The number of nitrogens with one attached hydrogen (secondary N) is 1. The number of likely N-dealkylation sites (N-methyl/N-ethyl adjacent to an activating group) is 1. The van der Waals surface area contributed by atoms with Crippen molar-refractivity contribution in [2.75, 3.05) is 32.1 Å². The fraction of sp³-hybridized carbons (Fsp3) is 0.429. The van der Waals surface area contributed by atoms with E-state index in [0.29, 0.717) is 13.0 Å². The Bertz CT molecular complexity index is 499. The van der Waals surface area contributed by atoms with E-state index in [0.717, 1.165) is 17.7 Å². The van der Waals surface area contributed by atoms with Crippen LogP contribution in [0.25, 0.3) is 0 Å². The van der Waals surface area contributed by atoms with Gasteiger partial charge in [0, 0.05) is 12.7 Å². The molecule has 0 unspecified atom stereocenters. The van der Waals surface area contributed by atoms with Gasteiger partial charge in [0.25, 0.3) is 0 Å². The summed E-state index contributed by atoms with van der Waals surface area (Å²) in [7, 11) is 3.17. The predicted octanol–water partition coefficient (Wildman–Crippen LogP) is 0.511. The number of hydrogen-bond acceptors (Lipinski definition) is 4. The van der Waals surface area contributed by atoms with E-state index in [4.69, 9.17) is 0 Å². The molecule has 0 bridgehead atoms. The lowest BCUT2D eigenvalue weighted by Gasteiger charge is -2.10. The number of rotatable bonds is 5. The zero-order valence-electron chi connectivity index (χ0n) is 11.2. The molecular formula is C14H18N2O3. The van der Waals surface area contributed by atoms with Crippen LogP contribution < -0.4 is 10.2 Å². The van der Waals surface area contributed by atoms with E-state index >= 15 is 0 Å². The van der Waals surface area contributed by atoms with Crippen LogP contribution in [0.5, 0.6) is 0 Å². The van der Waals surface area contributed by atoms with Gasteiger partial charge in [-0.1, -0.05) is 12.1 Å². The van der Waals surface area contributed by atoms with E-state index in [1.54, 1.807) is 11.9 Å². The van der Waals surface area contributed by atoms with Crippen molar-refractivity contribution in [3.05, 3.63) is 29.3 Å². The van der Waals surface area contributed by atoms with E-state index in [1.807, 2.05) is 12.1 Å². The average Bonchev–Trinajstić information content (AvgIpc) is 2.69. The standard InChI is InChI=1S/C14H18N2O3/c1-16-12-4-3-10(7-11(12)8-13(16)17)5-6-15-9-14(18)19-2/h3-4,7,15H,5-6,8-9H2,1-2H3. The number of carbonyl (C=O) groups is 2. The number of esters is 1. The fourth-order valence-corrected chi connectivity index (χ4v) is 2.17. The molecule has 0 radical (unpaired) electrons. The van der Waals surface area contributed by atoms with Crippen LogP contribution in [0.1, 0.15) is 11.1 Å². The number of nitrogens with zero attached hydrogens (tertiary/aromatic N) is 1. The Morgan fingerprint density at radius 1 is 1.47 bits per heavy atom. The molecule has 0 fully saturated rings. The summed E-state index contributed by atoms with van der Waals surface area (Å²) in [6.07, 6.45) is 1.30. The molecule has 1 aliphatic heterocycles. The molecule has 5 nitrogen and oxygen atoms in total. The van der Waals surface area contributed by atoms with Gasteiger partial charge >= 0.3 is 5.97 Å². The summed E-state index contributed by atoms with van der Waals surface area (Å²) in [6, 6.07) is 6.07. The van der Waals surface area contributed by atoms with E-state index in [1.165, 1.54) is 12.7 Å². The SMILES string of the molecule is COC(=O)CNCCc1ccc2c(c1)CC(=O)N2C. The molecule has 0 saturated carbocycles. The second-order valence-electron chi connectivity index (χ2n) is 4.60. The van der Waals surface area contributed by atoms with Gasteiger partial charge in [0.05, 0.1) is 20.1 Å². The van der Waals surface area contributed by atoms with Gasteiger partial charge in [-0.2, -0.15) is 0 Å². The van der Waals surface area contributed by atoms with Crippen molar-refractivity contribution in [1.29, 1.82) is 0 Å². The Morgan fingerprint density at radius 3 is 3.00 bits per heavy atom. The molecule has 2 rings (SSSR count). The third kappa shape index (κ3) is 3.12. The molecule has 1 aromatic carbocycles. The second kappa shape index (κ2) is 5.84. The highest BCUT2D eigenvalue weighted by molar-refractivity contribution is 6.00. The minimum Gasteiger partial charge on any atom is -0.468 e. The van der Waals surface area contributed by atoms with Gasteiger partial charge in [0.1, 0.15) is 0 Å². The number of benzene rings is 1. The van der Waals surface area contributed by atoms with Crippen LogP contribution >= 0.6 is 0 Å². The van der Waals surface area contributed by atoms with Crippen molar-refractivity contribution in [2.24, 2.45) is 0 Å². The topological polar surface area (TPSA) is 58.6 Å². The van der Waals surface area contributed by atoms with E-state index in [2.05, 4.69) is 16.1 Å². The predicted molar refractivity (Wildman–Crippen MR) is 72.1 cm³/mol. The first-order valence-electron chi connectivity index (χ1n) is 6.27. The molecule has 5 heteroatoms. The maximum atomic E-state index is 11.6. The Labute approximate surface area is 112 Å². The van der Waals surface area contributed by atoms with Crippen LogP contribution in [0.2, 0.25) is 0 Å². The molecule has 19 heavy (non-hydrogen) atoms. The van der Waals surface area contributed by atoms with Gasteiger partial charge in [-0.3, -0.25) is 9.59 Å². The van der Waals surface area contributed by atoms with Crippen LogP contribution in [0, 0.1) is 0 Å². The van der Waals surface area contributed by atoms with Crippen molar-refractivity contribution in [2.45, 2.75) is 12.8 Å². The molecule has 1 heterocycles. The Hall–Kier alpha value is -1.88. The molecule has 1 aliphatic rings. The van der Waals surface area contributed by atoms with Crippen molar-refractivity contribution < 1.29 is 14.3 Å². The molecule has 0 atom stereocenters. The van der Waals surface area contributed by atoms with Crippen molar-refractivity contribution in [3.63, 3.8) is 0 Å². The summed E-state index contributed by atoms with van der Waals surface area (Å²) in [6.45, 7) is 0.931. The fourth-order valence-electron chi connectivity index (χ4n) is 2.17. The minimum atomic E-state index is -0.263. The maximum absolute atomic E-state index is 11.6. The molecule has 0 spiro atoms. The van der Waals surface area contributed by atoms with Crippen molar-refractivity contribution in [1.82, 2.24) is 5.32 Å². The van der Waals surface area contributed by atoms with E-state index in [-0.39, 0.29) is 18.4 Å². The van der Waals surface area contributed by atoms with Crippen LogP contribution in [0.4, 0.5) is 5.69 Å². The molecule has 0 aromatic heterocycles. The molecule has 1 aromatic rings. The number of anilines is 1. The van der Waals surface area contributed by atoms with Gasteiger partial charge in [-0.15, -0.1) is 0 Å². The second-order valence-corrected chi connectivity index (χ2v) is 4.60. The first-order valence-corrected chi connectivity index (χ1v) is 6.27. The quantitative estimate of drug-likeness (QED) is 0.620. The number of amides is 1. The summed E-state index contributed by atoms with van der Waals surface area (Å²) in [5, 5.41) is 3.02. The number of ether oxygens (including phenoxy) is 1. The smallest absolute Gasteiger partial charge is 0.319 e. The van der Waals surface area contributed by atoms with Crippen LogP contribution in [-0.2, 0) is 27.2 Å². The average molecular weight is 262 g/mol. The van der Waals surface area contributed by atoms with Crippen LogP contribution in [0.15, 0.2) is 18.2 Å². The lowest BCUT2D eigenvalue weighted by Crippen LogP contribution is -2.25. The summed E-state index contributed by atoms with van der Waals surface area (Å²) < 4.78 is 4.54. The summed E-state index contributed by atoms with van der Waals surface area (Å²) in [5.41, 5.74) is 3.24. The minimum absolute atomic E-state index is 0.135. The zero-order valence-corrected chi connectivity index (χ0v) is 11.2. The number of methoxy groups -OCH3 is 1. The zero-order chi connectivity index (χ0) is 13.8. The van der Waals surface area contributed by atoms with Crippen LogP contribution in [-0.4, -0.2) is 39.1 Å².